The van der Waals surface area contributed by atoms with Gasteiger partial charge in [-0.3, -0.25) is 4.98 Å². The Kier molecular flexibility index (Phi) is 11.1. The van der Waals surface area contributed by atoms with Crippen molar-refractivity contribution in [3.8, 4) is 17.0 Å². The fourth-order valence-corrected chi connectivity index (χ4v) is 5.15. The van der Waals surface area contributed by atoms with Crippen LogP contribution in [0.5, 0.6) is 5.75 Å². The van der Waals surface area contributed by atoms with Crippen LogP contribution < -0.4 is 4.74 Å². The van der Waals surface area contributed by atoms with Crippen molar-refractivity contribution >= 4 is 0 Å². The topological polar surface area (TPSA) is 22.1 Å². The van der Waals surface area contributed by atoms with Crippen molar-refractivity contribution in [1.82, 2.24) is 4.98 Å². The zero-order valence-corrected chi connectivity index (χ0v) is 20.7. The monoisotopic (exact) mass is 435 g/mol. The van der Waals surface area contributed by atoms with Crippen LogP contribution in [0.15, 0.2) is 42.6 Å². The molecule has 32 heavy (non-hydrogen) atoms. The van der Waals surface area contributed by atoms with Crippen LogP contribution in [0.2, 0.25) is 0 Å². The molecular formula is C30H45NO. The second kappa shape index (κ2) is 14.3. The van der Waals surface area contributed by atoms with Gasteiger partial charge in [0.05, 0.1) is 18.5 Å². The molecule has 0 aliphatic heterocycles. The lowest BCUT2D eigenvalue weighted by Gasteiger charge is -2.29. The molecule has 0 saturated heterocycles. The second-order valence-electron chi connectivity index (χ2n) is 9.92. The van der Waals surface area contributed by atoms with Crippen LogP contribution >= 0.6 is 0 Å². The standard InChI is InChI=1S/C30H45NO/c1-3-5-7-8-9-11-26-12-10-13-27(23-26)15-14-25-16-18-28(19-17-25)30-21-20-29(24-31-30)32-22-6-4-2/h16-21,24,26-27H,3-15,22-23H2,1-2H3. The molecule has 0 amide bonds. The number of aromatic nitrogens is 1. The lowest BCUT2D eigenvalue weighted by Crippen LogP contribution is -2.16. The summed E-state index contributed by atoms with van der Waals surface area (Å²) in [6.45, 7) is 5.25. The maximum atomic E-state index is 5.73. The molecule has 0 spiro atoms. The molecule has 0 radical (unpaired) electrons. The van der Waals surface area contributed by atoms with E-state index in [1.165, 1.54) is 88.2 Å². The van der Waals surface area contributed by atoms with Gasteiger partial charge in [-0.05, 0) is 55.2 Å². The number of benzene rings is 1. The molecule has 0 bridgehead atoms. The first-order chi connectivity index (χ1) is 15.8. The van der Waals surface area contributed by atoms with Gasteiger partial charge in [-0.25, -0.2) is 0 Å². The maximum absolute atomic E-state index is 5.73. The number of nitrogens with zero attached hydrogens (tertiary/aromatic N) is 1. The minimum absolute atomic E-state index is 0.771. The highest BCUT2D eigenvalue weighted by Gasteiger charge is 2.21. The van der Waals surface area contributed by atoms with Crippen molar-refractivity contribution in [2.45, 2.75) is 104 Å². The molecule has 1 aromatic heterocycles. The minimum atomic E-state index is 0.771. The van der Waals surface area contributed by atoms with Crippen LogP contribution in [-0.2, 0) is 6.42 Å². The van der Waals surface area contributed by atoms with Gasteiger partial charge in [0.25, 0.3) is 0 Å². The van der Waals surface area contributed by atoms with Gasteiger partial charge in [0, 0.05) is 5.56 Å². The molecule has 1 saturated carbocycles. The van der Waals surface area contributed by atoms with E-state index in [-0.39, 0.29) is 0 Å². The zero-order valence-electron chi connectivity index (χ0n) is 20.7. The molecular weight excluding hydrogens is 390 g/mol. The lowest BCUT2D eigenvalue weighted by atomic mass is 9.77. The Labute approximate surface area is 197 Å². The summed E-state index contributed by atoms with van der Waals surface area (Å²) in [6.07, 6.45) is 21.1. The van der Waals surface area contributed by atoms with Gasteiger partial charge in [-0.2, -0.15) is 0 Å². The van der Waals surface area contributed by atoms with E-state index < -0.39 is 0 Å². The summed E-state index contributed by atoms with van der Waals surface area (Å²) in [5, 5.41) is 0. The van der Waals surface area contributed by atoms with Crippen LogP contribution in [0.25, 0.3) is 11.3 Å². The van der Waals surface area contributed by atoms with Gasteiger partial charge in [-0.15, -0.1) is 0 Å². The van der Waals surface area contributed by atoms with Gasteiger partial charge < -0.3 is 4.74 Å². The summed E-state index contributed by atoms with van der Waals surface area (Å²) in [5.41, 5.74) is 3.68. The van der Waals surface area contributed by atoms with Crippen molar-refractivity contribution in [1.29, 1.82) is 0 Å². The van der Waals surface area contributed by atoms with Gasteiger partial charge in [0.15, 0.2) is 0 Å². The largest absolute Gasteiger partial charge is 0.492 e. The molecule has 2 heteroatoms. The Morgan fingerprint density at radius 2 is 1.56 bits per heavy atom. The molecule has 1 heterocycles. The summed E-state index contributed by atoms with van der Waals surface area (Å²) >= 11 is 0. The Hall–Kier alpha value is -1.83. The van der Waals surface area contributed by atoms with E-state index in [2.05, 4.69) is 49.2 Å². The minimum Gasteiger partial charge on any atom is -0.492 e. The first-order valence-electron chi connectivity index (χ1n) is 13.5. The normalized spacial score (nSPS) is 18.6. The summed E-state index contributed by atoms with van der Waals surface area (Å²) < 4.78 is 5.73. The molecule has 2 atom stereocenters. The average Bonchev–Trinajstić information content (AvgIpc) is 2.84. The van der Waals surface area contributed by atoms with Crippen molar-refractivity contribution in [2.24, 2.45) is 11.8 Å². The SMILES string of the molecule is CCCCCCCC1CCCC(CCc2ccc(-c3ccc(OCCCC)cn3)cc2)C1. The third-order valence-corrected chi connectivity index (χ3v) is 7.20. The van der Waals surface area contributed by atoms with Gasteiger partial charge in [0.1, 0.15) is 5.75 Å². The summed E-state index contributed by atoms with van der Waals surface area (Å²) in [7, 11) is 0. The molecule has 1 fully saturated rings. The average molecular weight is 436 g/mol. The number of rotatable bonds is 14. The Morgan fingerprint density at radius 1 is 0.812 bits per heavy atom. The first kappa shape index (κ1) is 24.8. The van der Waals surface area contributed by atoms with E-state index in [4.69, 9.17) is 4.74 Å². The van der Waals surface area contributed by atoms with E-state index in [9.17, 15) is 0 Å². The number of hydrogen-bond acceptors (Lipinski definition) is 2. The van der Waals surface area contributed by atoms with E-state index in [1.54, 1.807) is 0 Å². The van der Waals surface area contributed by atoms with Crippen LogP contribution in [0.3, 0.4) is 0 Å². The van der Waals surface area contributed by atoms with E-state index in [0.29, 0.717) is 0 Å². The van der Waals surface area contributed by atoms with Crippen LogP contribution in [0, 0.1) is 11.8 Å². The second-order valence-corrected chi connectivity index (χ2v) is 9.92. The quantitative estimate of drug-likeness (QED) is 0.276. The van der Waals surface area contributed by atoms with Crippen LogP contribution in [0.1, 0.15) is 103 Å². The molecule has 1 aromatic carbocycles. The molecule has 2 unspecified atom stereocenters. The summed E-state index contributed by atoms with van der Waals surface area (Å²) in [5.74, 6) is 2.80. The molecule has 2 nitrogen and oxygen atoms in total. The van der Waals surface area contributed by atoms with Crippen molar-refractivity contribution < 1.29 is 4.74 Å². The molecule has 1 aliphatic rings. The third-order valence-electron chi connectivity index (χ3n) is 7.20. The summed E-state index contributed by atoms with van der Waals surface area (Å²) in [4.78, 5) is 4.60. The number of unbranched alkanes of at least 4 members (excludes halogenated alkanes) is 5. The van der Waals surface area contributed by atoms with Gasteiger partial charge in [0.2, 0.25) is 0 Å². The van der Waals surface area contributed by atoms with Crippen LogP contribution in [0.4, 0.5) is 0 Å². The number of ether oxygens (including phenoxy) is 1. The third kappa shape index (κ3) is 8.60. The Balaban J connectivity index is 1.40. The smallest absolute Gasteiger partial charge is 0.137 e. The predicted molar refractivity (Wildman–Crippen MR) is 137 cm³/mol. The van der Waals surface area contributed by atoms with Gasteiger partial charge >= 0.3 is 0 Å². The number of aryl methyl sites for hydroxylation is 1. The Morgan fingerprint density at radius 3 is 2.28 bits per heavy atom. The lowest BCUT2D eigenvalue weighted by molar-refractivity contribution is 0.239. The molecule has 0 N–H and O–H groups in total. The van der Waals surface area contributed by atoms with Crippen molar-refractivity contribution in [3.63, 3.8) is 0 Å². The summed E-state index contributed by atoms with van der Waals surface area (Å²) in [6, 6.07) is 13.2. The zero-order chi connectivity index (χ0) is 22.4. The van der Waals surface area contributed by atoms with Gasteiger partial charge in [-0.1, -0.05) is 102 Å². The highest BCUT2D eigenvalue weighted by molar-refractivity contribution is 5.59. The maximum Gasteiger partial charge on any atom is 0.137 e. The predicted octanol–water partition coefficient (Wildman–Crippen LogP) is 9.03. The highest BCUT2D eigenvalue weighted by atomic mass is 16.5. The van der Waals surface area contributed by atoms with Crippen molar-refractivity contribution in [3.05, 3.63) is 48.2 Å². The number of pyridine rings is 1. The van der Waals surface area contributed by atoms with E-state index in [1.807, 2.05) is 12.3 Å². The van der Waals surface area contributed by atoms with E-state index in [0.717, 1.165) is 42.7 Å². The van der Waals surface area contributed by atoms with Crippen molar-refractivity contribution in [2.75, 3.05) is 6.61 Å². The molecule has 3 rings (SSSR count). The highest BCUT2D eigenvalue weighted by Crippen LogP contribution is 2.35. The molecule has 2 aromatic rings. The fourth-order valence-electron chi connectivity index (χ4n) is 5.15. The van der Waals surface area contributed by atoms with E-state index >= 15 is 0 Å². The Bertz CT molecular complexity index is 736. The number of hydrogen-bond donors (Lipinski definition) is 0. The fraction of sp³-hybridized carbons (Fsp3) is 0.633. The molecule has 1 aliphatic carbocycles. The van der Waals surface area contributed by atoms with Crippen LogP contribution in [-0.4, -0.2) is 11.6 Å². The molecule has 176 valence electrons. The first-order valence-corrected chi connectivity index (χ1v) is 13.5.